The van der Waals surface area contributed by atoms with E-state index in [0.29, 0.717) is 6.04 Å². The largest absolute Gasteiger partial charge is 0.487 e. The fourth-order valence-electron chi connectivity index (χ4n) is 1.43. The van der Waals surface area contributed by atoms with E-state index in [1.54, 1.807) is 12.4 Å². The van der Waals surface area contributed by atoms with Crippen molar-refractivity contribution in [2.75, 3.05) is 6.61 Å². The monoisotopic (exact) mass is 223 g/mol. The van der Waals surface area contributed by atoms with Gasteiger partial charge in [0.25, 0.3) is 0 Å². The standard InChI is InChI=1S/C11H13NO4/c13-9-3-5-12(8-1-2-8)7-10(9)16-6-4-11(14)15/h3,5,7-8H,1-2,4,6H2,(H,14,15). The van der Waals surface area contributed by atoms with Crippen LogP contribution < -0.4 is 10.2 Å². The van der Waals surface area contributed by atoms with Crippen LogP contribution in [-0.4, -0.2) is 22.2 Å². The molecular formula is C11H13NO4. The first-order valence-corrected chi connectivity index (χ1v) is 5.23. The Morgan fingerprint density at radius 1 is 1.56 bits per heavy atom. The predicted molar refractivity (Wildman–Crippen MR) is 56.7 cm³/mol. The van der Waals surface area contributed by atoms with Crippen LogP contribution in [0.2, 0.25) is 0 Å². The fraction of sp³-hybridized carbons (Fsp3) is 0.455. The average molecular weight is 223 g/mol. The molecule has 0 saturated heterocycles. The molecule has 0 atom stereocenters. The predicted octanol–water partition coefficient (Wildman–Crippen LogP) is 1.04. The summed E-state index contributed by atoms with van der Waals surface area (Å²) in [5.74, 6) is -0.700. The zero-order valence-corrected chi connectivity index (χ0v) is 8.76. The summed E-state index contributed by atoms with van der Waals surface area (Å²) in [5.41, 5.74) is -0.206. The Balaban J connectivity index is 2.03. The molecule has 2 rings (SSSR count). The second kappa shape index (κ2) is 4.38. The van der Waals surface area contributed by atoms with Gasteiger partial charge < -0.3 is 14.4 Å². The van der Waals surface area contributed by atoms with Crippen LogP contribution in [0.15, 0.2) is 23.3 Å². The van der Waals surface area contributed by atoms with Gasteiger partial charge in [-0.05, 0) is 12.8 Å². The van der Waals surface area contributed by atoms with Gasteiger partial charge in [0.15, 0.2) is 5.75 Å². The molecule has 1 N–H and O–H groups in total. The number of carboxylic acid groups (broad SMARTS) is 1. The molecule has 16 heavy (non-hydrogen) atoms. The van der Waals surface area contributed by atoms with Gasteiger partial charge in [-0.25, -0.2) is 0 Å². The van der Waals surface area contributed by atoms with Gasteiger partial charge in [-0.2, -0.15) is 0 Å². The number of pyridine rings is 1. The van der Waals surface area contributed by atoms with Crippen LogP contribution in [0.5, 0.6) is 5.75 Å². The van der Waals surface area contributed by atoms with Crippen LogP contribution in [0.3, 0.4) is 0 Å². The third kappa shape index (κ3) is 2.62. The van der Waals surface area contributed by atoms with Crippen molar-refractivity contribution < 1.29 is 14.6 Å². The van der Waals surface area contributed by atoms with Gasteiger partial charge >= 0.3 is 5.97 Å². The summed E-state index contributed by atoms with van der Waals surface area (Å²) in [6.07, 6.45) is 5.54. The highest BCUT2D eigenvalue weighted by Gasteiger charge is 2.22. The van der Waals surface area contributed by atoms with Crippen molar-refractivity contribution in [1.82, 2.24) is 4.57 Å². The molecule has 0 bridgehead atoms. The van der Waals surface area contributed by atoms with E-state index in [1.165, 1.54) is 6.07 Å². The quantitative estimate of drug-likeness (QED) is 0.809. The molecule has 0 aromatic carbocycles. The lowest BCUT2D eigenvalue weighted by Crippen LogP contribution is -2.13. The van der Waals surface area contributed by atoms with Crippen LogP contribution in [0.25, 0.3) is 0 Å². The average Bonchev–Trinajstić information content (AvgIpc) is 3.04. The lowest BCUT2D eigenvalue weighted by Gasteiger charge is -2.07. The minimum absolute atomic E-state index is 0.0270. The van der Waals surface area contributed by atoms with Crippen LogP contribution in [0, 0.1) is 0 Å². The number of hydrogen-bond donors (Lipinski definition) is 1. The highest BCUT2D eigenvalue weighted by molar-refractivity contribution is 5.66. The van der Waals surface area contributed by atoms with Gasteiger partial charge in [0.05, 0.1) is 19.2 Å². The molecule has 1 aliphatic rings. The summed E-state index contributed by atoms with van der Waals surface area (Å²) in [6, 6.07) is 1.93. The molecule has 1 aromatic rings. The van der Waals surface area contributed by atoms with Crippen molar-refractivity contribution >= 4 is 5.97 Å². The van der Waals surface area contributed by atoms with Crippen LogP contribution in [-0.2, 0) is 4.79 Å². The van der Waals surface area contributed by atoms with E-state index < -0.39 is 5.97 Å². The number of rotatable bonds is 5. The minimum atomic E-state index is -0.932. The van der Waals surface area contributed by atoms with Crippen molar-refractivity contribution in [3.05, 3.63) is 28.7 Å². The number of ether oxygens (including phenoxy) is 1. The Morgan fingerprint density at radius 3 is 2.94 bits per heavy atom. The zero-order valence-electron chi connectivity index (χ0n) is 8.76. The third-order valence-electron chi connectivity index (χ3n) is 2.45. The molecule has 0 amide bonds. The molecule has 1 aliphatic carbocycles. The van der Waals surface area contributed by atoms with E-state index in [-0.39, 0.29) is 24.2 Å². The number of aliphatic carboxylic acids is 1. The Hall–Kier alpha value is -1.78. The molecule has 5 nitrogen and oxygen atoms in total. The molecule has 1 fully saturated rings. The SMILES string of the molecule is O=C(O)CCOc1cn(C2CC2)ccc1=O. The fourth-order valence-corrected chi connectivity index (χ4v) is 1.43. The maximum atomic E-state index is 11.4. The molecular weight excluding hydrogens is 210 g/mol. The number of aromatic nitrogens is 1. The Bertz CT molecular complexity index is 448. The molecule has 0 aliphatic heterocycles. The van der Waals surface area contributed by atoms with Gasteiger partial charge in [-0.15, -0.1) is 0 Å². The molecule has 5 heteroatoms. The molecule has 0 unspecified atom stereocenters. The van der Waals surface area contributed by atoms with Crippen LogP contribution in [0.4, 0.5) is 0 Å². The maximum Gasteiger partial charge on any atom is 0.306 e. The van der Waals surface area contributed by atoms with Gasteiger partial charge in [0, 0.05) is 18.3 Å². The van der Waals surface area contributed by atoms with E-state index >= 15 is 0 Å². The van der Waals surface area contributed by atoms with Gasteiger partial charge in [0.2, 0.25) is 5.43 Å². The van der Waals surface area contributed by atoms with E-state index in [1.807, 2.05) is 4.57 Å². The van der Waals surface area contributed by atoms with Crippen molar-refractivity contribution in [2.45, 2.75) is 25.3 Å². The molecule has 0 radical (unpaired) electrons. The summed E-state index contributed by atoms with van der Waals surface area (Å²) in [4.78, 5) is 21.7. The lowest BCUT2D eigenvalue weighted by atomic mass is 10.4. The van der Waals surface area contributed by atoms with Crippen molar-refractivity contribution in [3.63, 3.8) is 0 Å². The summed E-state index contributed by atoms with van der Waals surface area (Å²) in [5, 5.41) is 8.45. The topological polar surface area (TPSA) is 68.5 Å². The first-order chi connectivity index (χ1) is 7.66. The summed E-state index contributed by atoms with van der Waals surface area (Å²) in [7, 11) is 0. The van der Waals surface area contributed by atoms with Crippen LogP contribution >= 0.6 is 0 Å². The van der Waals surface area contributed by atoms with Gasteiger partial charge in [0.1, 0.15) is 0 Å². The summed E-state index contributed by atoms with van der Waals surface area (Å²) in [6.45, 7) is 0.0270. The van der Waals surface area contributed by atoms with Crippen molar-refractivity contribution in [2.24, 2.45) is 0 Å². The first kappa shape index (κ1) is 10.7. The number of nitrogens with zero attached hydrogens (tertiary/aromatic N) is 1. The first-order valence-electron chi connectivity index (χ1n) is 5.23. The highest BCUT2D eigenvalue weighted by Crippen LogP contribution is 2.34. The maximum absolute atomic E-state index is 11.4. The third-order valence-corrected chi connectivity index (χ3v) is 2.45. The van der Waals surface area contributed by atoms with Crippen molar-refractivity contribution in [3.8, 4) is 5.75 Å². The molecule has 0 spiro atoms. The van der Waals surface area contributed by atoms with E-state index in [4.69, 9.17) is 9.84 Å². The zero-order chi connectivity index (χ0) is 11.5. The molecule has 86 valence electrons. The molecule has 1 heterocycles. The number of carboxylic acids is 1. The van der Waals surface area contributed by atoms with Crippen molar-refractivity contribution in [1.29, 1.82) is 0 Å². The Labute approximate surface area is 92.3 Å². The lowest BCUT2D eigenvalue weighted by molar-refractivity contribution is -0.137. The highest BCUT2D eigenvalue weighted by atomic mass is 16.5. The van der Waals surface area contributed by atoms with E-state index in [9.17, 15) is 9.59 Å². The molecule has 1 saturated carbocycles. The minimum Gasteiger partial charge on any atom is -0.487 e. The number of carbonyl (C=O) groups is 1. The Kier molecular flexibility index (Phi) is 2.94. The smallest absolute Gasteiger partial charge is 0.306 e. The molecule has 1 aromatic heterocycles. The van der Waals surface area contributed by atoms with Gasteiger partial charge in [-0.1, -0.05) is 0 Å². The van der Waals surface area contributed by atoms with E-state index in [2.05, 4.69) is 0 Å². The second-order valence-corrected chi connectivity index (χ2v) is 3.84. The van der Waals surface area contributed by atoms with Crippen LogP contribution in [0.1, 0.15) is 25.3 Å². The van der Waals surface area contributed by atoms with E-state index in [0.717, 1.165) is 12.8 Å². The summed E-state index contributed by atoms with van der Waals surface area (Å²) >= 11 is 0. The number of hydrogen-bond acceptors (Lipinski definition) is 3. The second-order valence-electron chi connectivity index (χ2n) is 3.84. The Morgan fingerprint density at radius 2 is 2.31 bits per heavy atom. The van der Waals surface area contributed by atoms with Gasteiger partial charge in [-0.3, -0.25) is 9.59 Å². The normalized spacial score (nSPS) is 14.8. The summed E-state index contributed by atoms with van der Waals surface area (Å²) < 4.78 is 7.09.